The first-order valence-electron chi connectivity index (χ1n) is 6.81. The Morgan fingerprint density at radius 2 is 2.09 bits per heavy atom. The molecule has 2 heterocycles. The molecule has 3 N–H and O–H groups in total. The molecule has 23 heavy (non-hydrogen) atoms. The number of carboxylic acid groups (broad SMARTS) is 1. The van der Waals surface area contributed by atoms with Gasteiger partial charge >= 0.3 is 5.97 Å². The molecular weight excluding hydrogens is 308 g/mol. The van der Waals surface area contributed by atoms with Crippen LogP contribution in [0.3, 0.4) is 0 Å². The zero-order valence-corrected chi connectivity index (χ0v) is 12.3. The van der Waals surface area contributed by atoms with E-state index in [1.165, 1.54) is 7.11 Å². The molecule has 0 saturated heterocycles. The van der Waals surface area contributed by atoms with Crippen molar-refractivity contribution >= 4 is 16.9 Å². The molecule has 1 aromatic heterocycles. The number of hydrogen-bond donors (Lipinski definition) is 3. The summed E-state index contributed by atoms with van der Waals surface area (Å²) >= 11 is 0. The first-order chi connectivity index (χ1) is 10.8. The molecule has 0 aliphatic carbocycles. The van der Waals surface area contributed by atoms with Crippen molar-refractivity contribution in [1.82, 2.24) is 0 Å². The Bertz CT molecular complexity index is 866. The zero-order valence-electron chi connectivity index (χ0n) is 12.3. The lowest BCUT2D eigenvalue weighted by molar-refractivity contribution is -0.166. The van der Waals surface area contributed by atoms with Gasteiger partial charge in [0.15, 0.2) is 17.8 Å². The molecule has 122 valence electrons. The number of ether oxygens (including phenoxy) is 2. The van der Waals surface area contributed by atoms with Gasteiger partial charge in [0.05, 0.1) is 17.1 Å². The largest absolute Gasteiger partial charge is 0.504 e. The summed E-state index contributed by atoms with van der Waals surface area (Å²) in [5, 5.41) is 28.4. The second-order valence-electron chi connectivity index (χ2n) is 5.28. The van der Waals surface area contributed by atoms with Crippen LogP contribution in [0.5, 0.6) is 11.5 Å². The summed E-state index contributed by atoms with van der Waals surface area (Å²) < 4.78 is 16.2. The van der Waals surface area contributed by atoms with E-state index in [0.29, 0.717) is 12.2 Å². The van der Waals surface area contributed by atoms with E-state index < -0.39 is 34.8 Å². The van der Waals surface area contributed by atoms with Crippen molar-refractivity contribution in [3.63, 3.8) is 0 Å². The topological polar surface area (TPSA) is 126 Å². The van der Waals surface area contributed by atoms with Gasteiger partial charge in [-0.1, -0.05) is 0 Å². The minimum Gasteiger partial charge on any atom is -0.504 e. The molecule has 3 rings (SSSR count). The van der Waals surface area contributed by atoms with E-state index in [-0.39, 0.29) is 22.6 Å². The highest BCUT2D eigenvalue weighted by atomic mass is 16.7. The Hall–Kier alpha value is -2.58. The fraction of sp³-hybridized carbons (Fsp3) is 0.333. The lowest BCUT2D eigenvalue weighted by Crippen LogP contribution is -2.30. The average molecular weight is 322 g/mol. The summed E-state index contributed by atoms with van der Waals surface area (Å²) in [6, 6.07) is 1.01. The van der Waals surface area contributed by atoms with E-state index in [1.807, 2.05) is 0 Å². The third kappa shape index (κ3) is 2.23. The van der Waals surface area contributed by atoms with Crippen LogP contribution in [-0.2, 0) is 15.9 Å². The summed E-state index contributed by atoms with van der Waals surface area (Å²) in [4.78, 5) is 24.2. The Morgan fingerprint density at radius 1 is 1.39 bits per heavy atom. The number of aromatic hydroxyl groups is 2. The van der Waals surface area contributed by atoms with Crippen molar-refractivity contribution in [1.29, 1.82) is 0 Å². The van der Waals surface area contributed by atoms with E-state index in [9.17, 15) is 24.9 Å². The first kappa shape index (κ1) is 15.3. The molecule has 2 aromatic rings. The van der Waals surface area contributed by atoms with Crippen LogP contribution in [0.15, 0.2) is 15.3 Å². The van der Waals surface area contributed by atoms with Gasteiger partial charge in [0.1, 0.15) is 16.9 Å². The van der Waals surface area contributed by atoms with Gasteiger partial charge in [-0.2, -0.15) is 0 Å². The number of benzene rings is 1. The zero-order chi connectivity index (χ0) is 16.9. The standard InChI is InChI=1S/C15H14O8/c1-5-3-7-10(15(21-2)22-5)13(18)9-8(23-7)4-6(16)12(17)11(9)14(19)20/h4-5,15-17H,3H2,1-2H3,(H,19,20). The second-order valence-corrected chi connectivity index (χ2v) is 5.28. The predicted molar refractivity (Wildman–Crippen MR) is 76.8 cm³/mol. The Kier molecular flexibility index (Phi) is 3.50. The van der Waals surface area contributed by atoms with Crippen LogP contribution >= 0.6 is 0 Å². The van der Waals surface area contributed by atoms with Gasteiger partial charge in [-0.3, -0.25) is 4.79 Å². The molecule has 8 nitrogen and oxygen atoms in total. The van der Waals surface area contributed by atoms with Crippen LogP contribution in [0.1, 0.15) is 34.9 Å². The van der Waals surface area contributed by atoms with Crippen molar-refractivity contribution in [3.8, 4) is 11.5 Å². The van der Waals surface area contributed by atoms with Crippen molar-refractivity contribution in [3.05, 3.63) is 33.2 Å². The number of methoxy groups -OCH3 is 1. The van der Waals surface area contributed by atoms with E-state index in [2.05, 4.69) is 0 Å². The SMILES string of the molecule is COC1OC(C)Cc2oc3cc(O)c(O)c(C(=O)O)c3c(=O)c21. The highest BCUT2D eigenvalue weighted by Gasteiger charge is 2.33. The molecule has 2 unspecified atom stereocenters. The molecule has 0 radical (unpaired) electrons. The quantitative estimate of drug-likeness (QED) is 0.710. The summed E-state index contributed by atoms with van der Waals surface area (Å²) in [5.74, 6) is -2.83. The van der Waals surface area contributed by atoms with E-state index in [4.69, 9.17) is 13.9 Å². The number of phenols is 2. The van der Waals surface area contributed by atoms with Crippen molar-refractivity contribution < 1.29 is 34.0 Å². The maximum Gasteiger partial charge on any atom is 0.340 e. The van der Waals surface area contributed by atoms with Gasteiger partial charge in [0.2, 0.25) is 5.43 Å². The maximum atomic E-state index is 12.8. The molecular formula is C15H14O8. The third-order valence-electron chi connectivity index (χ3n) is 3.74. The second kappa shape index (κ2) is 5.25. The molecule has 2 atom stereocenters. The highest BCUT2D eigenvalue weighted by molar-refractivity contribution is 6.06. The average Bonchev–Trinajstić information content (AvgIpc) is 2.47. The molecule has 0 spiro atoms. The number of carboxylic acids is 1. The summed E-state index contributed by atoms with van der Waals surface area (Å²) in [5.41, 5.74) is -1.45. The van der Waals surface area contributed by atoms with Crippen LogP contribution in [0.4, 0.5) is 0 Å². The van der Waals surface area contributed by atoms with E-state index in [1.54, 1.807) is 6.92 Å². The van der Waals surface area contributed by atoms with Gasteiger partial charge in [-0.05, 0) is 6.92 Å². The Morgan fingerprint density at radius 3 is 2.70 bits per heavy atom. The van der Waals surface area contributed by atoms with Gasteiger partial charge in [-0.15, -0.1) is 0 Å². The van der Waals surface area contributed by atoms with Crippen LogP contribution in [0.2, 0.25) is 0 Å². The fourth-order valence-corrected chi connectivity index (χ4v) is 2.75. The molecule has 8 heteroatoms. The molecule has 0 bridgehead atoms. The number of aromatic carboxylic acids is 1. The van der Waals surface area contributed by atoms with Gasteiger partial charge in [0.25, 0.3) is 0 Å². The minimum atomic E-state index is -1.56. The predicted octanol–water partition coefficient (Wildman–Crippen LogP) is 1.51. The Labute approximate surface area is 129 Å². The first-order valence-corrected chi connectivity index (χ1v) is 6.81. The highest BCUT2D eigenvalue weighted by Crippen LogP contribution is 2.37. The molecule has 1 aliphatic rings. The number of hydrogen-bond acceptors (Lipinski definition) is 7. The maximum absolute atomic E-state index is 12.8. The van der Waals surface area contributed by atoms with Gasteiger partial charge < -0.3 is 29.2 Å². The smallest absolute Gasteiger partial charge is 0.340 e. The van der Waals surface area contributed by atoms with Crippen LogP contribution in [-0.4, -0.2) is 34.5 Å². The van der Waals surface area contributed by atoms with Crippen molar-refractivity contribution in [2.75, 3.05) is 7.11 Å². The molecule has 0 amide bonds. The molecule has 1 aromatic carbocycles. The number of fused-ring (bicyclic) bond motifs is 2. The van der Waals surface area contributed by atoms with Gasteiger partial charge in [-0.25, -0.2) is 4.79 Å². The monoisotopic (exact) mass is 322 g/mol. The minimum absolute atomic E-state index is 0.0608. The number of phenolic OH excluding ortho intramolecular Hbond substituents is 1. The van der Waals surface area contributed by atoms with E-state index in [0.717, 1.165) is 6.07 Å². The van der Waals surface area contributed by atoms with Crippen LogP contribution < -0.4 is 5.43 Å². The summed E-state index contributed by atoms with van der Waals surface area (Å²) in [6.07, 6.45) is -0.963. The van der Waals surface area contributed by atoms with Crippen molar-refractivity contribution in [2.45, 2.75) is 25.7 Å². The summed E-state index contributed by atoms with van der Waals surface area (Å²) in [7, 11) is 1.35. The van der Waals surface area contributed by atoms with Gasteiger partial charge in [0, 0.05) is 19.6 Å². The third-order valence-corrected chi connectivity index (χ3v) is 3.74. The van der Waals surface area contributed by atoms with Crippen LogP contribution in [0.25, 0.3) is 11.0 Å². The fourth-order valence-electron chi connectivity index (χ4n) is 2.75. The van der Waals surface area contributed by atoms with E-state index >= 15 is 0 Å². The summed E-state index contributed by atoms with van der Waals surface area (Å²) in [6.45, 7) is 1.77. The molecule has 0 saturated carbocycles. The van der Waals surface area contributed by atoms with Crippen LogP contribution in [0, 0.1) is 0 Å². The molecule has 1 aliphatic heterocycles. The normalized spacial score (nSPS) is 20.4. The lowest BCUT2D eigenvalue weighted by Gasteiger charge is -2.28. The molecule has 0 fully saturated rings. The van der Waals surface area contributed by atoms with Crippen molar-refractivity contribution in [2.24, 2.45) is 0 Å². The Balaban J connectivity index is 2.46. The number of carbonyl (C=O) groups is 1. The lowest BCUT2D eigenvalue weighted by atomic mass is 10.00. The number of rotatable bonds is 2.